The van der Waals surface area contributed by atoms with Crippen LogP contribution >= 0.6 is 11.8 Å². The van der Waals surface area contributed by atoms with Gasteiger partial charge in [0.15, 0.2) is 5.16 Å². The molecule has 170 valence electrons. The van der Waals surface area contributed by atoms with Gasteiger partial charge < -0.3 is 4.98 Å². The molecule has 0 saturated carbocycles. The van der Waals surface area contributed by atoms with E-state index in [-0.39, 0.29) is 10.8 Å². The van der Waals surface area contributed by atoms with Gasteiger partial charge in [-0.2, -0.15) is 0 Å². The molecule has 2 heterocycles. The molecular weight excluding hydrogens is 442 g/mol. The summed E-state index contributed by atoms with van der Waals surface area (Å²) >= 11 is 1.54. The van der Waals surface area contributed by atoms with Gasteiger partial charge in [0.25, 0.3) is 5.56 Å². The van der Waals surface area contributed by atoms with Crippen molar-refractivity contribution >= 4 is 22.7 Å². The first-order chi connectivity index (χ1) is 16.5. The quantitative estimate of drug-likeness (QED) is 0.331. The van der Waals surface area contributed by atoms with Crippen LogP contribution in [0.3, 0.4) is 0 Å². The summed E-state index contributed by atoms with van der Waals surface area (Å²) in [6.45, 7) is 6.22. The Morgan fingerprint density at radius 1 is 0.971 bits per heavy atom. The number of para-hydroxylation sites is 1. The molecule has 1 atom stereocenters. The second kappa shape index (κ2) is 9.27. The van der Waals surface area contributed by atoms with E-state index >= 15 is 0 Å². The third-order valence-corrected chi connectivity index (χ3v) is 6.85. The van der Waals surface area contributed by atoms with E-state index in [1.165, 1.54) is 22.9 Å². The monoisotopic (exact) mass is 467 g/mol. The van der Waals surface area contributed by atoms with Gasteiger partial charge in [0.2, 0.25) is 0 Å². The molecule has 5 aromatic rings. The molecule has 1 unspecified atom stereocenters. The zero-order valence-electron chi connectivity index (χ0n) is 19.3. The van der Waals surface area contributed by atoms with Crippen LogP contribution in [-0.2, 0) is 6.42 Å². The minimum Gasteiger partial charge on any atom is -0.309 e. The number of thioether (sulfide) groups is 1. The van der Waals surface area contributed by atoms with E-state index in [0.717, 1.165) is 22.2 Å². The number of H-pyrrole nitrogens is 1. The summed E-state index contributed by atoms with van der Waals surface area (Å²) < 4.78 is 2.13. The van der Waals surface area contributed by atoms with E-state index < -0.39 is 0 Å². The Hall–Kier alpha value is -3.71. The number of aryl methyl sites for hydroxylation is 2. The fourth-order valence-electron chi connectivity index (χ4n) is 4.08. The van der Waals surface area contributed by atoms with Crippen molar-refractivity contribution in [2.45, 2.75) is 37.6 Å². The van der Waals surface area contributed by atoms with Crippen molar-refractivity contribution < 1.29 is 0 Å². The molecule has 0 aliphatic heterocycles. The molecule has 0 bridgehead atoms. The molecule has 5 rings (SSSR count). The van der Waals surface area contributed by atoms with E-state index in [9.17, 15) is 4.79 Å². The average Bonchev–Trinajstić information content (AvgIpc) is 3.21. The summed E-state index contributed by atoms with van der Waals surface area (Å²) in [7, 11) is 0. The lowest BCUT2D eigenvalue weighted by Crippen LogP contribution is -2.13. The first kappa shape index (κ1) is 22.1. The van der Waals surface area contributed by atoms with Gasteiger partial charge in [-0.3, -0.25) is 9.36 Å². The second-order valence-electron chi connectivity index (χ2n) is 8.41. The fourth-order valence-corrected chi connectivity index (χ4v) is 5.02. The summed E-state index contributed by atoms with van der Waals surface area (Å²) in [5.41, 5.74) is 5.14. The molecule has 0 amide bonds. The molecule has 6 nitrogen and oxygen atoms in total. The molecule has 3 aromatic carbocycles. The van der Waals surface area contributed by atoms with Gasteiger partial charge in [-0.05, 0) is 50.1 Å². The van der Waals surface area contributed by atoms with Gasteiger partial charge in [-0.15, -0.1) is 10.2 Å². The number of nitrogens with zero attached hydrogens (tertiary/aromatic N) is 4. The lowest BCUT2D eigenvalue weighted by atomic mass is 10.1. The topological polar surface area (TPSA) is 76.5 Å². The normalized spacial score (nSPS) is 12.2. The smallest absolute Gasteiger partial charge is 0.258 e. The highest BCUT2D eigenvalue weighted by Crippen LogP contribution is 2.35. The Labute approximate surface area is 202 Å². The van der Waals surface area contributed by atoms with E-state index in [1.807, 2.05) is 43.3 Å². The third kappa shape index (κ3) is 4.39. The molecule has 0 spiro atoms. The Kier molecular flexibility index (Phi) is 6.02. The zero-order valence-corrected chi connectivity index (χ0v) is 20.1. The predicted octanol–water partition coefficient (Wildman–Crippen LogP) is 5.56. The molecule has 7 heteroatoms. The van der Waals surface area contributed by atoms with Crippen molar-refractivity contribution in [3.05, 3.63) is 111 Å². The van der Waals surface area contributed by atoms with Crippen LogP contribution < -0.4 is 5.56 Å². The van der Waals surface area contributed by atoms with Gasteiger partial charge >= 0.3 is 0 Å². The number of hydrogen-bond donors (Lipinski definition) is 1. The molecule has 0 aliphatic carbocycles. The number of benzene rings is 3. The SMILES string of the molecule is Cc1ccc(-n2c(Cc3ccccc3)nnc2SC(C)c2nc3ccccc3c(=O)[nH]2)c(C)c1. The minimum atomic E-state index is -0.131. The molecule has 0 aliphatic rings. The maximum absolute atomic E-state index is 12.6. The molecule has 1 N–H and O–H groups in total. The summed E-state index contributed by atoms with van der Waals surface area (Å²) in [5.74, 6) is 1.49. The first-order valence-electron chi connectivity index (χ1n) is 11.2. The molecule has 2 aromatic heterocycles. The minimum absolute atomic E-state index is 0.129. The lowest BCUT2D eigenvalue weighted by molar-refractivity contribution is 0.831. The second-order valence-corrected chi connectivity index (χ2v) is 9.72. The van der Waals surface area contributed by atoms with Gasteiger partial charge in [0.05, 0.1) is 21.8 Å². The highest BCUT2D eigenvalue weighted by Gasteiger charge is 2.21. The number of rotatable bonds is 6. The largest absolute Gasteiger partial charge is 0.309 e. The van der Waals surface area contributed by atoms with Crippen LogP contribution in [0.1, 0.15) is 40.5 Å². The maximum Gasteiger partial charge on any atom is 0.258 e. The lowest BCUT2D eigenvalue weighted by Gasteiger charge is -2.16. The molecule has 0 radical (unpaired) electrons. The number of hydrogen-bond acceptors (Lipinski definition) is 5. The van der Waals surface area contributed by atoms with Crippen molar-refractivity contribution in [3.8, 4) is 5.69 Å². The van der Waals surface area contributed by atoms with Crippen LogP contribution in [0.4, 0.5) is 0 Å². The summed E-state index contributed by atoms with van der Waals surface area (Å²) in [6, 6.07) is 24.1. The predicted molar refractivity (Wildman–Crippen MR) is 137 cm³/mol. The Bertz CT molecular complexity index is 1520. The Morgan fingerprint density at radius 3 is 2.53 bits per heavy atom. The van der Waals surface area contributed by atoms with Crippen molar-refractivity contribution in [2.24, 2.45) is 0 Å². The van der Waals surface area contributed by atoms with Gasteiger partial charge in [-0.25, -0.2) is 4.98 Å². The summed E-state index contributed by atoms with van der Waals surface area (Å²) in [4.78, 5) is 20.2. The number of fused-ring (bicyclic) bond motifs is 1. The zero-order chi connectivity index (χ0) is 23.7. The van der Waals surface area contributed by atoms with E-state index in [2.05, 4.69) is 63.9 Å². The number of aromatic nitrogens is 5. The Balaban J connectivity index is 1.55. The van der Waals surface area contributed by atoms with E-state index in [4.69, 9.17) is 4.98 Å². The van der Waals surface area contributed by atoms with Crippen LogP contribution in [0.15, 0.2) is 82.7 Å². The summed E-state index contributed by atoms with van der Waals surface area (Å²) in [6.07, 6.45) is 0.668. The van der Waals surface area contributed by atoms with Crippen LogP contribution in [-0.4, -0.2) is 24.7 Å². The Morgan fingerprint density at radius 2 is 1.74 bits per heavy atom. The van der Waals surface area contributed by atoms with Gasteiger partial charge in [-0.1, -0.05) is 71.9 Å². The van der Waals surface area contributed by atoms with Crippen molar-refractivity contribution in [2.75, 3.05) is 0 Å². The van der Waals surface area contributed by atoms with Crippen LogP contribution in [0.25, 0.3) is 16.6 Å². The van der Waals surface area contributed by atoms with Crippen molar-refractivity contribution in [1.82, 2.24) is 24.7 Å². The fraction of sp³-hybridized carbons (Fsp3) is 0.185. The van der Waals surface area contributed by atoms with Crippen LogP contribution in [0.5, 0.6) is 0 Å². The van der Waals surface area contributed by atoms with Gasteiger partial charge in [0, 0.05) is 6.42 Å². The van der Waals surface area contributed by atoms with Crippen molar-refractivity contribution in [1.29, 1.82) is 0 Å². The highest BCUT2D eigenvalue weighted by atomic mass is 32.2. The molecule has 0 saturated heterocycles. The highest BCUT2D eigenvalue weighted by molar-refractivity contribution is 7.99. The third-order valence-electron chi connectivity index (χ3n) is 5.80. The van der Waals surface area contributed by atoms with Crippen molar-refractivity contribution in [3.63, 3.8) is 0 Å². The molecule has 34 heavy (non-hydrogen) atoms. The summed E-state index contributed by atoms with van der Waals surface area (Å²) in [5, 5.41) is 10.3. The van der Waals surface area contributed by atoms with Gasteiger partial charge in [0.1, 0.15) is 11.6 Å². The van der Waals surface area contributed by atoms with E-state index in [0.29, 0.717) is 23.1 Å². The standard InChI is InChI=1S/C27H25N5OS/c1-17-13-14-23(18(2)15-17)32-24(16-20-9-5-4-6-10-20)30-31-27(32)34-19(3)25-28-22-12-8-7-11-21(22)26(33)29-25/h4-15,19H,16H2,1-3H3,(H,28,29,33). The van der Waals surface area contributed by atoms with E-state index in [1.54, 1.807) is 6.07 Å². The number of nitrogens with one attached hydrogen (secondary N) is 1. The number of aromatic amines is 1. The first-order valence-corrected chi connectivity index (χ1v) is 12.1. The molecule has 0 fully saturated rings. The average molecular weight is 468 g/mol. The van der Waals surface area contributed by atoms with Crippen LogP contribution in [0.2, 0.25) is 0 Å². The molecular formula is C27H25N5OS. The maximum atomic E-state index is 12.6. The van der Waals surface area contributed by atoms with Crippen LogP contribution in [0, 0.1) is 13.8 Å².